The van der Waals surface area contributed by atoms with Crippen LogP contribution in [0, 0.1) is 10.1 Å². The highest BCUT2D eigenvalue weighted by Crippen LogP contribution is 2.30. The first kappa shape index (κ1) is 21.4. The molecule has 1 aliphatic rings. The van der Waals surface area contributed by atoms with Crippen LogP contribution in [0.5, 0.6) is 0 Å². The Balaban J connectivity index is 1.70. The largest absolute Gasteiger partial charge is 0.355 e. The van der Waals surface area contributed by atoms with Crippen molar-refractivity contribution in [3.8, 4) is 0 Å². The maximum Gasteiger partial charge on any atom is 0.325 e. The average molecular weight is 425 g/mol. The fraction of sp³-hybridized carbons (Fsp3) is 0.200. The number of amides is 5. The third-order valence-corrected chi connectivity index (χ3v) is 4.89. The molecule has 160 valence electrons. The molecule has 11 nitrogen and oxygen atoms in total. The number of carbonyl (C=O) groups is 4. The molecule has 2 aromatic rings. The number of nitrogens with zero attached hydrogens (tertiary/aromatic N) is 2. The Bertz CT molecular complexity index is 1070. The van der Waals surface area contributed by atoms with Gasteiger partial charge in [-0.15, -0.1) is 0 Å². The zero-order chi connectivity index (χ0) is 22.8. The fourth-order valence-electron chi connectivity index (χ4n) is 3.15. The highest BCUT2D eigenvalue weighted by molar-refractivity contribution is 6.10. The van der Waals surface area contributed by atoms with E-state index >= 15 is 0 Å². The lowest BCUT2D eigenvalue weighted by atomic mass is 9.92. The Morgan fingerprint density at radius 3 is 2.26 bits per heavy atom. The summed E-state index contributed by atoms with van der Waals surface area (Å²) in [5.74, 6) is -1.54. The second kappa shape index (κ2) is 8.22. The number of anilines is 1. The maximum atomic E-state index is 12.9. The van der Waals surface area contributed by atoms with Crippen LogP contribution in [0.15, 0.2) is 48.5 Å². The molecule has 0 bridgehead atoms. The van der Waals surface area contributed by atoms with E-state index in [4.69, 9.17) is 0 Å². The van der Waals surface area contributed by atoms with E-state index in [2.05, 4.69) is 16.0 Å². The molecule has 0 radical (unpaired) electrons. The van der Waals surface area contributed by atoms with Gasteiger partial charge >= 0.3 is 6.03 Å². The van der Waals surface area contributed by atoms with Gasteiger partial charge in [-0.2, -0.15) is 0 Å². The van der Waals surface area contributed by atoms with Crippen LogP contribution < -0.4 is 16.0 Å². The van der Waals surface area contributed by atoms with Crippen LogP contribution in [0.4, 0.5) is 16.2 Å². The van der Waals surface area contributed by atoms with Gasteiger partial charge in [0.25, 0.3) is 17.5 Å². The number of non-ortho nitro benzene ring substituents is 1. The lowest BCUT2D eigenvalue weighted by molar-refractivity contribution is -0.384. The maximum absolute atomic E-state index is 12.9. The van der Waals surface area contributed by atoms with E-state index in [9.17, 15) is 29.3 Å². The van der Waals surface area contributed by atoms with Gasteiger partial charge in [0.1, 0.15) is 12.1 Å². The number of nitro groups is 1. The van der Waals surface area contributed by atoms with Crippen molar-refractivity contribution in [1.82, 2.24) is 15.5 Å². The van der Waals surface area contributed by atoms with Crippen LogP contribution in [0.1, 0.15) is 22.8 Å². The van der Waals surface area contributed by atoms with Crippen molar-refractivity contribution in [1.29, 1.82) is 0 Å². The highest BCUT2D eigenvalue weighted by Gasteiger charge is 2.49. The number of nitrogens with one attached hydrogen (secondary N) is 3. The van der Waals surface area contributed by atoms with Gasteiger partial charge in [-0.05, 0) is 48.9 Å². The molecule has 1 unspecified atom stereocenters. The summed E-state index contributed by atoms with van der Waals surface area (Å²) in [6.45, 7) is 0.939. The molecule has 0 spiro atoms. The topological polar surface area (TPSA) is 151 Å². The fourth-order valence-corrected chi connectivity index (χ4v) is 3.15. The average Bonchev–Trinajstić information content (AvgIpc) is 2.97. The van der Waals surface area contributed by atoms with Crippen molar-refractivity contribution < 1.29 is 24.1 Å². The minimum Gasteiger partial charge on any atom is -0.355 e. The molecule has 0 aliphatic carbocycles. The number of urea groups is 1. The summed E-state index contributed by atoms with van der Waals surface area (Å²) < 4.78 is 0. The van der Waals surface area contributed by atoms with Crippen LogP contribution in [0.3, 0.4) is 0 Å². The quantitative estimate of drug-likeness (QED) is 0.361. The van der Waals surface area contributed by atoms with Crippen LogP contribution >= 0.6 is 0 Å². The number of hydrogen-bond donors (Lipinski definition) is 3. The monoisotopic (exact) mass is 425 g/mol. The van der Waals surface area contributed by atoms with E-state index in [1.807, 2.05) is 0 Å². The summed E-state index contributed by atoms with van der Waals surface area (Å²) in [4.78, 5) is 60.2. The third kappa shape index (κ3) is 4.20. The number of rotatable bonds is 6. The molecule has 1 fully saturated rings. The van der Waals surface area contributed by atoms with Gasteiger partial charge in [-0.3, -0.25) is 29.4 Å². The van der Waals surface area contributed by atoms with E-state index < -0.39 is 34.9 Å². The van der Waals surface area contributed by atoms with Gasteiger partial charge in [0.15, 0.2) is 0 Å². The number of hydrogen-bond acceptors (Lipinski definition) is 6. The van der Waals surface area contributed by atoms with E-state index in [-0.39, 0.29) is 11.6 Å². The Morgan fingerprint density at radius 1 is 1.10 bits per heavy atom. The SMILES string of the molecule is CNC(=O)c1ccc(NC(=O)CN2C(=O)NC(C)(c3ccc([N+](=O)[O-])cc3)C2=O)cc1. The van der Waals surface area contributed by atoms with Crippen molar-refractivity contribution in [3.05, 3.63) is 69.8 Å². The number of nitro benzene ring substituents is 1. The molecule has 5 amide bonds. The molecule has 2 aromatic carbocycles. The van der Waals surface area contributed by atoms with E-state index in [0.717, 1.165) is 4.90 Å². The second-order valence-corrected chi connectivity index (χ2v) is 6.96. The smallest absolute Gasteiger partial charge is 0.325 e. The number of imide groups is 1. The first-order valence-electron chi connectivity index (χ1n) is 9.16. The van der Waals surface area contributed by atoms with Gasteiger partial charge in [0.05, 0.1) is 4.92 Å². The van der Waals surface area contributed by atoms with Gasteiger partial charge in [-0.1, -0.05) is 0 Å². The molecule has 1 saturated heterocycles. The van der Waals surface area contributed by atoms with Crippen molar-refractivity contribution >= 4 is 35.1 Å². The molecular weight excluding hydrogens is 406 g/mol. The standard InChI is InChI=1S/C20H19N5O6/c1-20(13-5-9-15(10-6-13)25(30)31)18(28)24(19(29)23-20)11-16(26)22-14-7-3-12(4-8-14)17(27)21-2/h3-10H,11H2,1-2H3,(H,21,27)(H,22,26)(H,23,29). The molecule has 3 rings (SSSR count). The lowest BCUT2D eigenvalue weighted by Crippen LogP contribution is -2.42. The summed E-state index contributed by atoms with van der Waals surface area (Å²) in [6, 6.07) is 10.6. The highest BCUT2D eigenvalue weighted by atomic mass is 16.6. The molecule has 3 N–H and O–H groups in total. The molecule has 1 aliphatic heterocycles. The molecule has 11 heteroatoms. The van der Waals surface area contributed by atoms with Crippen LogP contribution in [-0.4, -0.2) is 47.2 Å². The van der Waals surface area contributed by atoms with Gasteiger partial charge in [0, 0.05) is 30.4 Å². The van der Waals surface area contributed by atoms with Gasteiger partial charge in [-0.25, -0.2) is 4.79 Å². The van der Waals surface area contributed by atoms with Crippen molar-refractivity contribution in [2.45, 2.75) is 12.5 Å². The number of benzene rings is 2. The summed E-state index contributed by atoms with van der Waals surface area (Å²) in [5, 5.41) is 18.4. The van der Waals surface area contributed by atoms with Crippen LogP contribution in [0.2, 0.25) is 0 Å². The second-order valence-electron chi connectivity index (χ2n) is 6.96. The van der Waals surface area contributed by atoms with Gasteiger partial charge < -0.3 is 16.0 Å². The van der Waals surface area contributed by atoms with Gasteiger partial charge in [0.2, 0.25) is 5.91 Å². The molecule has 1 atom stereocenters. The Labute approximate surface area is 176 Å². The first-order chi connectivity index (χ1) is 14.7. The summed E-state index contributed by atoms with van der Waals surface area (Å²) in [5.41, 5.74) is -0.454. The lowest BCUT2D eigenvalue weighted by Gasteiger charge is -2.22. The molecule has 1 heterocycles. The predicted molar refractivity (Wildman–Crippen MR) is 109 cm³/mol. The van der Waals surface area contributed by atoms with Crippen molar-refractivity contribution in [2.24, 2.45) is 0 Å². The first-order valence-corrected chi connectivity index (χ1v) is 9.16. The zero-order valence-electron chi connectivity index (χ0n) is 16.7. The summed E-state index contributed by atoms with van der Waals surface area (Å²) >= 11 is 0. The minimum absolute atomic E-state index is 0.150. The Kier molecular flexibility index (Phi) is 5.68. The summed E-state index contributed by atoms with van der Waals surface area (Å²) in [6.07, 6.45) is 0. The normalized spacial score (nSPS) is 17.8. The molecule has 0 aromatic heterocycles. The van der Waals surface area contributed by atoms with Crippen molar-refractivity contribution in [2.75, 3.05) is 18.9 Å². The molecule has 0 saturated carbocycles. The van der Waals surface area contributed by atoms with Crippen LogP contribution in [0.25, 0.3) is 0 Å². The molecular formula is C20H19N5O6. The summed E-state index contributed by atoms with van der Waals surface area (Å²) in [7, 11) is 1.50. The predicted octanol–water partition coefficient (Wildman–Crippen LogP) is 1.36. The van der Waals surface area contributed by atoms with E-state index in [0.29, 0.717) is 16.8 Å². The third-order valence-electron chi connectivity index (χ3n) is 4.89. The van der Waals surface area contributed by atoms with Crippen molar-refractivity contribution in [3.63, 3.8) is 0 Å². The van der Waals surface area contributed by atoms with Crippen LogP contribution in [-0.2, 0) is 15.1 Å². The number of carbonyl (C=O) groups excluding carboxylic acids is 4. The van der Waals surface area contributed by atoms with E-state index in [1.165, 1.54) is 62.5 Å². The minimum atomic E-state index is -1.46. The Morgan fingerprint density at radius 2 is 1.71 bits per heavy atom. The molecule has 31 heavy (non-hydrogen) atoms. The van der Waals surface area contributed by atoms with E-state index in [1.54, 1.807) is 0 Å². The Hall–Kier alpha value is -4.28. The zero-order valence-corrected chi connectivity index (χ0v) is 16.7.